The fourth-order valence-electron chi connectivity index (χ4n) is 4.59. The number of nitrogens with two attached hydrogens (primary N) is 1. The normalized spacial score (nSPS) is 18.5. The fraction of sp³-hybridized carbons (Fsp3) is 0.704. The van der Waals surface area contributed by atoms with Crippen LogP contribution in [-0.2, 0) is 38.4 Å². The van der Waals surface area contributed by atoms with E-state index in [1.807, 2.05) is 0 Å². The molecule has 7 unspecified atom stereocenters. The molecule has 17 nitrogen and oxygen atoms in total. The predicted molar refractivity (Wildman–Crippen MR) is 161 cm³/mol. The zero-order valence-corrected chi connectivity index (χ0v) is 26.5. The van der Waals surface area contributed by atoms with Crippen LogP contribution in [0.5, 0.6) is 0 Å². The molecule has 0 radical (unpaired) electrons. The van der Waals surface area contributed by atoms with Gasteiger partial charge >= 0.3 is 17.9 Å². The van der Waals surface area contributed by atoms with Crippen LogP contribution in [0.4, 0.5) is 0 Å². The van der Waals surface area contributed by atoms with Crippen LogP contribution in [0.25, 0.3) is 0 Å². The Bertz CT molecular complexity index is 1140. The van der Waals surface area contributed by atoms with Gasteiger partial charge in [-0.1, -0.05) is 34.1 Å². The van der Waals surface area contributed by atoms with Gasteiger partial charge in [0.2, 0.25) is 29.5 Å². The predicted octanol–water partition coefficient (Wildman–Crippen LogP) is -2.09. The molecule has 0 saturated carbocycles. The number of likely N-dealkylation sites (tertiary alicyclic amines) is 1. The zero-order chi connectivity index (χ0) is 34.6. The van der Waals surface area contributed by atoms with E-state index in [-0.39, 0.29) is 18.7 Å². The van der Waals surface area contributed by atoms with E-state index in [1.54, 1.807) is 27.7 Å². The first-order valence-corrected chi connectivity index (χ1v) is 15.1. The third-order valence-corrected chi connectivity index (χ3v) is 7.77. The second-order valence-electron chi connectivity index (χ2n) is 11.2. The first-order chi connectivity index (χ1) is 20.9. The molecule has 45 heavy (non-hydrogen) atoms. The van der Waals surface area contributed by atoms with E-state index >= 15 is 0 Å². The molecule has 1 saturated heterocycles. The van der Waals surface area contributed by atoms with Crippen LogP contribution in [-0.4, -0.2) is 116 Å². The molecule has 0 bridgehead atoms. The van der Waals surface area contributed by atoms with Gasteiger partial charge in [-0.15, -0.1) is 0 Å². The third-order valence-electron chi connectivity index (χ3n) is 7.40. The van der Waals surface area contributed by atoms with Crippen molar-refractivity contribution in [3.63, 3.8) is 0 Å². The van der Waals surface area contributed by atoms with Crippen molar-refractivity contribution in [2.45, 2.75) is 96.1 Å². The Morgan fingerprint density at radius 2 is 1.40 bits per heavy atom. The largest absolute Gasteiger partial charge is 0.481 e. The maximum absolute atomic E-state index is 13.6. The number of hydrogen-bond acceptors (Lipinski definition) is 10. The van der Waals surface area contributed by atoms with Crippen LogP contribution in [0.2, 0.25) is 0 Å². The number of amides is 5. The number of carbonyl (C=O) groups excluding carboxylic acids is 5. The lowest BCUT2D eigenvalue weighted by Crippen LogP contribution is -2.61. The minimum atomic E-state index is -1.70. The molecular weight excluding hydrogens is 616 g/mol. The highest BCUT2D eigenvalue weighted by Crippen LogP contribution is 2.21. The van der Waals surface area contributed by atoms with E-state index in [1.165, 1.54) is 4.90 Å². The summed E-state index contributed by atoms with van der Waals surface area (Å²) < 4.78 is 0. The Kier molecular flexibility index (Phi) is 15.8. The van der Waals surface area contributed by atoms with Gasteiger partial charge in [-0.05, 0) is 24.7 Å². The van der Waals surface area contributed by atoms with Crippen LogP contribution in [0.15, 0.2) is 0 Å². The number of nitrogens with zero attached hydrogens (tertiary/aromatic N) is 1. The maximum Gasteiger partial charge on any atom is 0.327 e. The zero-order valence-electron chi connectivity index (χ0n) is 25.6. The molecule has 0 aromatic carbocycles. The first-order valence-electron chi connectivity index (χ1n) is 14.5. The van der Waals surface area contributed by atoms with Crippen LogP contribution >= 0.6 is 12.6 Å². The van der Waals surface area contributed by atoms with Gasteiger partial charge in [-0.3, -0.25) is 33.6 Å². The van der Waals surface area contributed by atoms with E-state index < -0.39 is 108 Å². The van der Waals surface area contributed by atoms with Crippen molar-refractivity contribution in [3.8, 4) is 0 Å². The van der Waals surface area contributed by atoms with Crippen LogP contribution < -0.4 is 27.0 Å². The Morgan fingerprint density at radius 3 is 1.89 bits per heavy atom. The van der Waals surface area contributed by atoms with Crippen molar-refractivity contribution in [2.75, 3.05) is 12.3 Å². The first kappa shape index (κ1) is 39.1. The number of carbonyl (C=O) groups is 8. The van der Waals surface area contributed by atoms with E-state index in [4.69, 9.17) is 10.8 Å². The van der Waals surface area contributed by atoms with Crippen molar-refractivity contribution in [1.82, 2.24) is 26.2 Å². The minimum absolute atomic E-state index is 0.165. The van der Waals surface area contributed by atoms with Gasteiger partial charge in [-0.2, -0.15) is 12.6 Å². The monoisotopic (exact) mass is 660 g/mol. The molecule has 0 aliphatic carbocycles. The maximum atomic E-state index is 13.6. The van der Waals surface area contributed by atoms with Crippen molar-refractivity contribution in [3.05, 3.63) is 0 Å². The number of thiol groups is 1. The van der Waals surface area contributed by atoms with Gasteiger partial charge in [0.15, 0.2) is 0 Å². The lowest BCUT2D eigenvalue weighted by molar-refractivity contribution is -0.145. The van der Waals surface area contributed by atoms with E-state index in [2.05, 4.69) is 33.9 Å². The molecule has 254 valence electrons. The smallest absolute Gasteiger partial charge is 0.327 e. The van der Waals surface area contributed by atoms with Gasteiger partial charge in [0.05, 0.1) is 18.9 Å². The number of aliphatic carboxylic acids is 3. The summed E-state index contributed by atoms with van der Waals surface area (Å²) in [5.74, 6) is -9.50. The molecule has 0 spiro atoms. The highest BCUT2D eigenvalue weighted by atomic mass is 32.1. The number of carboxylic acid groups (broad SMARTS) is 3. The lowest BCUT2D eigenvalue weighted by Gasteiger charge is -2.33. The minimum Gasteiger partial charge on any atom is -0.481 e. The van der Waals surface area contributed by atoms with Crippen molar-refractivity contribution in [2.24, 2.45) is 17.6 Å². The Morgan fingerprint density at radius 1 is 0.822 bits per heavy atom. The third kappa shape index (κ3) is 11.8. The Labute approximate surface area is 265 Å². The van der Waals surface area contributed by atoms with Crippen molar-refractivity contribution in [1.29, 1.82) is 0 Å². The molecule has 1 rings (SSSR count). The molecule has 0 aromatic heterocycles. The molecule has 9 N–H and O–H groups in total. The van der Waals surface area contributed by atoms with Crippen LogP contribution in [0.3, 0.4) is 0 Å². The number of rotatable bonds is 18. The van der Waals surface area contributed by atoms with E-state index in [0.717, 1.165) is 0 Å². The standard InChI is InChI=1S/C27H44N6O11S/c1-5-13(4)21(32-23(39)15(10-19(36)37)29-22(38)14(28)9-18(34)35)25(41)31-20(12(2)3)26(42)33-8-6-7-17(33)24(40)30-16(11-45)27(43)44/h12-17,20-21,45H,5-11,28H2,1-4H3,(H,29,38)(H,30,40)(H,31,41)(H,32,39)(H,34,35)(H,36,37)(H,43,44). The molecule has 1 aliphatic rings. The average molecular weight is 661 g/mol. The quantitative estimate of drug-likeness (QED) is 0.0716. The summed E-state index contributed by atoms with van der Waals surface area (Å²) >= 11 is 3.93. The van der Waals surface area contributed by atoms with Crippen LogP contribution in [0, 0.1) is 11.8 Å². The fourth-order valence-corrected chi connectivity index (χ4v) is 4.84. The summed E-state index contributed by atoms with van der Waals surface area (Å²) in [7, 11) is 0. The molecular formula is C27H44N6O11S. The molecule has 18 heteroatoms. The molecule has 0 aromatic rings. The lowest BCUT2D eigenvalue weighted by atomic mass is 9.95. The second kappa shape index (κ2) is 18.1. The number of carboxylic acids is 3. The van der Waals surface area contributed by atoms with Crippen molar-refractivity contribution < 1.29 is 53.7 Å². The molecule has 5 amide bonds. The highest BCUT2D eigenvalue weighted by Gasteiger charge is 2.41. The topological polar surface area (TPSA) is 275 Å². The number of nitrogens with one attached hydrogen (secondary N) is 4. The summed E-state index contributed by atoms with van der Waals surface area (Å²) in [6, 6.07) is -7.95. The molecule has 7 atom stereocenters. The average Bonchev–Trinajstić information content (AvgIpc) is 3.45. The summed E-state index contributed by atoms with van der Waals surface area (Å²) in [6.07, 6.45) is -0.576. The Balaban J connectivity index is 3.17. The molecule has 1 heterocycles. The van der Waals surface area contributed by atoms with Gasteiger partial charge in [0, 0.05) is 12.3 Å². The highest BCUT2D eigenvalue weighted by molar-refractivity contribution is 7.80. The van der Waals surface area contributed by atoms with E-state index in [0.29, 0.717) is 12.8 Å². The van der Waals surface area contributed by atoms with Gasteiger partial charge in [-0.25, -0.2) is 4.79 Å². The molecule has 1 aliphatic heterocycles. The van der Waals surface area contributed by atoms with Crippen molar-refractivity contribution >= 4 is 60.1 Å². The number of hydrogen-bond donors (Lipinski definition) is 9. The van der Waals surface area contributed by atoms with Gasteiger partial charge in [0.1, 0.15) is 30.2 Å². The summed E-state index contributed by atoms with van der Waals surface area (Å²) in [5.41, 5.74) is 5.53. The Hall–Kier alpha value is -3.93. The van der Waals surface area contributed by atoms with Gasteiger partial charge < -0.3 is 47.2 Å². The van der Waals surface area contributed by atoms with Crippen LogP contribution in [0.1, 0.15) is 59.8 Å². The van der Waals surface area contributed by atoms with E-state index in [9.17, 15) is 48.6 Å². The SMILES string of the molecule is CCC(C)C(NC(=O)C(CC(=O)O)NC(=O)C(N)CC(=O)O)C(=O)NC(C(=O)N1CCCC1C(=O)NC(CS)C(=O)O)C(C)C. The summed E-state index contributed by atoms with van der Waals surface area (Å²) in [4.78, 5) is 100. The summed E-state index contributed by atoms with van der Waals surface area (Å²) in [5, 5.41) is 37.0. The summed E-state index contributed by atoms with van der Waals surface area (Å²) in [6.45, 7) is 6.86. The van der Waals surface area contributed by atoms with Gasteiger partial charge in [0.25, 0.3) is 0 Å². The molecule has 1 fully saturated rings. The second-order valence-corrected chi connectivity index (χ2v) is 11.6.